The van der Waals surface area contributed by atoms with Crippen LogP contribution in [-0.4, -0.2) is 40.9 Å². The summed E-state index contributed by atoms with van der Waals surface area (Å²) in [6.45, 7) is 4.77. The summed E-state index contributed by atoms with van der Waals surface area (Å²) in [6, 6.07) is 4.82. The van der Waals surface area contributed by atoms with E-state index < -0.39 is 23.8 Å². The molecular weight excluding hydrogens is 312 g/mol. The molecule has 24 heavy (non-hydrogen) atoms. The Morgan fingerprint density at radius 2 is 1.88 bits per heavy atom. The molecule has 1 atom stereocenters. The van der Waals surface area contributed by atoms with E-state index in [2.05, 4.69) is 9.97 Å². The van der Waals surface area contributed by atoms with Gasteiger partial charge in [0, 0.05) is 11.9 Å². The number of carbonyl (C=O) groups excluding carboxylic acids is 3. The number of nitrogens with zero attached hydrogens (tertiary/aromatic N) is 1. The van der Waals surface area contributed by atoms with Crippen LogP contribution in [0.4, 0.5) is 0 Å². The predicted molar refractivity (Wildman–Crippen MR) is 85.1 cm³/mol. The summed E-state index contributed by atoms with van der Waals surface area (Å²) in [5.74, 6) is -1.65. The number of Topliss-reactive ketones (excluding diaryl/α,β-unsaturated/α-hetero) is 1. The quantitative estimate of drug-likeness (QED) is 0.667. The molecule has 1 N–H and O–H groups in total. The third kappa shape index (κ3) is 3.34. The lowest BCUT2D eigenvalue weighted by molar-refractivity contribution is 0.0311. The molecule has 0 saturated carbocycles. The van der Waals surface area contributed by atoms with Gasteiger partial charge in [0.25, 0.3) is 0 Å². The largest absolute Gasteiger partial charge is 0.465 e. The van der Waals surface area contributed by atoms with Gasteiger partial charge in [0.2, 0.25) is 5.78 Å². The Balaban J connectivity index is 2.20. The maximum Gasteiger partial charge on any atom is 0.357 e. The van der Waals surface area contributed by atoms with Crippen molar-refractivity contribution in [2.75, 3.05) is 7.11 Å². The lowest BCUT2D eigenvalue weighted by atomic mass is 10.1. The third-order valence-electron chi connectivity index (χ3n) is 3.60. The van der Waals surface area contributed by atoms with E-state index in [1.807, 2.05) is 0 Å². The molecule has 0 spiro atoms. The van der Waals surface area contributed by atoms with Gasteiger partial charge in [-0.2, -0.15) is 0 Å². The predicted octanol–water partition coefficient (Wildman–Crippen LogP) is 2.24. The molecule has 0 amide bonds. The molecular formula is C17H18N2O5. The highest BCUT2D eigenvalue weighted by Crippen LogP contribution is 2.21. The molecule has 0 aliphatic rings. The first-order valence-electron chi connectivity index (χ1n) is 7.30. The standard InChI is InChI=1S/C17H18N2O5/c1-9-13(17(22)23-4)10(2)19-14(9)15(20)11(3)24-16(21)12-7-5-6-8-18-12/h5-8,11,19H,1-4H3/t11-/m0/s1. The molecule has 0 unspecified atom stereocenters. The van der Waals surface area contributed by atoms with Gasteiger partial charge in [-0.25, -0.2) is 14.6 Å². The van der Waals surface area contributed by atoms with Crippen LogP contribution in [-0.2, 0) is 9.47 Å². The van der Waals surface area contributed by atoms with E-state index in [-0.39, 0.29) is 11.4 Å². The maximum atomic E-state index is 12.5. The number of aromatic nitrogens is 2. The lowest BCUT2D eigenvalue weighted by Gasteiger charge is -2.11. The van der Waals surface area contributed by atoms with Crippen molar-refractivity contribution in [3.8, 4) is 0 Å². The normalized spacial score (nSPS) is 11.7. The Hall–Kier alpha value is -2.96. The molecule has 2 aromatic rings. The van der Waals surface area contributed by atoms with Crippen molar-refractivity contribution in [3.63, 3.8) is 0 Å². The van der Waals surface area contributed by atoms with Crippen LogP contribution in [0.15, 0.2) is 24.4 Å². The molecule has 0 aliphatic carbocycles. The minimum absolute atomic E-state index is 0.117. The second-order valence-corrected chi connectivity index (χ2v) is 5.24. The fourth-order valence-corrected chi connectivity index (χ4v) is 2.37. The molecule has 0 fully saturated rings. The molecule has 0 radical (unpaired) electrons. The summed E-state index contributed by atoms with van der Waals surface area (Å²) in [5, 5.41) is 0. The Morgan fingerprint density at radius 1 is 1.17 bits per heavy atom. The van der Waals surface area contributed by atoms with Crippen molar-refractivity contribution >= 4 is 17.7 Å². The number of methoxy groups -OCH3 is 1. The molecule has 2 rings (SSSR count). The van der Waals surface area contributed by atoms with Crippen LogP contribution in [0.3, 0.4) is 0 Å². The number of ketones is 1. The average molecular weight is 330 g/mol. The zero-order valence-corrected chi connectivity index (χ0v) is 13.9. The van der Waals surface area contributed by atoms with Gasteiger partial charge in [-0.1, -0.05) is 6.07 Å². The third-order valence-corrected chi connectivity index (χ3v) is 3.60. The van der Waals surface area contributed by atoms with Gasteiger partial charge in [0.05, 0.1) is 18.4 Å². The van der Waals surface area contributed by atoms with Crippen molar-refractivity contribution in [3.05, 3.63) is 52.6 Å². The van der Waals surface area contributed by atoms with Gasteiger partial charge >= 0.3 is 11.9 Å². The van der Waals surface area contributed by atoms with Crippen LogP contribution < -0.4 is 0 Å². The van der Waals surface area contributed by atoms with E-state index in [1.54, 1.807) is 26.0 Å². The monoisotopic (exact) mass is 330 g/mol. The fourth-order valence-electron chi connectivity index (χ4n) is 2.37. The molecule has 2 heterocycles. The van der Waals surface area contributed by atoms with Crippen LogP contribution in [0.25, 0.3) is 0 Å². The average Bonchev–Trinajstić information content (AvgIpc) is 2.88. The zero-order valence-electron chi connectivity index (χ0n) is 13.9. The molecule has 0 bridgehead atoms. The number of hydrogen-bond acceptors (Lipinski definition) is 6. The van der Waals surface area contributed by atoms with Crippen LogP contribution in [0, 0.1) is 13.8 Å². The minimum atomic E-state index is -1.03. The van der Waals surface area contributed by atoms with Crippen molar-refractivity contribution in [2.45, 2.75) is 26.9 Å². The van der Waals surface area contributed by atoms with E-state index in [0.717, 1.165) is 0 Å². The second kappa shape index (κ2) is 7.08. The van der Waals surface area contributed by atoms with Gasteiger partial charge in [0.15, 0.2) is 6.10 Å². The Kier molecular flexibility index (Phi) is 5.13. The number of nitrogens with one attached hydrogen (secondary N) is 1. The minimum Gasteiger partial charge on any atom is -0.465 e. The van der Waals surface area contributed by atoms with E-state index in [4.69, 9.17) is 9.47 Å². The van der Waals surface area contributed by atoms with Gasteiger partial charge < -0.3 is 14.5 Å². The number of H-pyrrole nitrogens is 1. The highest BCUT2D eigenvalue weighted by molar-refractivity contribution is 6.04. The number of ether oxygens (including phenoxy) is 2. The van der Waals surface area contributed by atoms with Crippen LogP contribution in [0.5, 0.6) is 0 Å². The maximum absolute atomic E-state index is 12.5. The Labute approximate surface area is 139 Å². The zero-order chi connectivity index (χ0) is 17.9. The summed E-state index contributed by atoms with van der Waals surface area (Å²) in [5.41, 5.74) is 1.63. The summed E-state index contributed by atoms with van der Waals surface area (Å²) >= 11 is 0. The number of hydrogen-bond donors (Lipinski definition) is 1. The second-order valence-electron chi connectivity index (χ2n) is 5.24. The molecule has 7 nitrogen and oxygen atoms in total. The summed E-state index contributed by atoms with van der Waals surface area (Å²) in [4.78, 5) is 43.0. The van der Waals surface area contributed by atoms with E-state index in [0.29, 0.717) is 16.8 Å². The number of aryl methyl sites for hydroxylation is 1. The number of pyridine rings is 1. The van der Waals surface area contributed by atoms with Crippen molar-refractivity contribution in [1.29, 1.82) is 0 Å². The van der Waals surface area contributed by atoms with Crippen LogP contribution >= 0.6 is 0 Å². The lowest BCUT2D eigenvalue weighted by Crippen LogP contribution is -2.25. The molecule has 0 aliphatic heterocycles. The molecule has 0 aromatic carbocycles. The summed E-state index contributed by atoms with van der Waals surface area (Å²) in [6.07, 6.45) is 0.436. The highest BCUT2D eigenvalue weighted by atomic mass is 16.5. The SMILES string of the molecule is COC(=O)c1c(C)[nH]c(C(=O)[C@H](C)OC(=O)c2ccccn2)c1C. The molecule has 7 heteroatoms. The van der Waals surface area contributed by atoms with Gasteiger partial charge in [-0.05, 0) is 38.5 Å². The highest BCUT2D eigenvalue weighted by Gasteiger charge is 2.27. The Bertz CT molecular complexity index is 780. The van der Waals surface area contributed by atoms with Gasteiger partial charge in [-0.3, -0.25) is 4.79 Å². The number of carbonyl (C=O) groups is 3. The molecule has 2 aromatic heterocycles. The molecule has 0 saturated heterocycles. The first-order chi connectivity index (χ1) is 11.4. The van der Waals surface area contributed by atoms with Gasteiger partial charge in [-0.15, -0.1) is 0 Å². The number of rotatable bonds is 5. The van der Waals surface area contributed by atoms with Crippen molar-refractivity contribution < 1.29 is 23.9 Å². The summed E-state index contributed by atoms with van der Waals surface area (Å²) in [7, 11) is 1.27. The topological polar surface area (TPSA) is 98.4 Å². The van der Waals surface area contributed by atoms with E-state index in [9.17, 15) is 14.4 Å². The Morgan fingerprint density at radius 3 is 2.46 bits per heavy atom. The van der Waals surface area contributed by atoms with Crippen molar-refractivity contribution in [1.82, 2.24) is 9.97 Å². The number of esters is 2. The molecule has 126 valence electrons. The van der Waals surface area contributed by atoms with Gasteiger partial charge in [0.1, 0.15) is 5.69 Å². The van der Waals surface area contributed by atoms with E-state index in [1.165, 1.54) is 26.3 Å². The number of aromatic amines is 1. The van der Waals surface area contributed by atoms with Crippen molar-refractivity contribution in [2.24, 2.45) is 0 Å². The summed E-state index contributed by atoms with van der Waals surface area (Å²) < 4.78 is 9.87. The first kappa shape index (κ1) is 17.4. The van der Waals surface area contributed by atoms with E-state index >= 15 is 0 Å². The first-order valence-corrected chi connectivity index (χ1v) is 7.30. The smallest absolute Gasteiger partial charge is 0.357 e. The fraction of sp³-hybridized carbons (Fsp3) is 0.294. The van der Waals surface area contributed by atoms with Crippen LogP contribution in [0.1, 0.15) is 49.5 Å². The van der Waals surface area contributed by atoms with Crippen LogP contribution in [0.2, 0.25) is 0 Å².